The Balaban J connectivity index is 2.21. The van der Waals surface area contributed by atoms with Gasteiger partial charge in [-0.15, -0.1) is 0 Å². The van der Waals surface area contributed by atoms with E-state index in [4.69, 9.17) is 4.74 Å². The fourth-order valence-corrected chi connectivity index (χ4v) is 4.80. The second kappa shape index (κ2) is 6.57. The van der Waals surface area contributed by atoms with Crippen LogP contribution in [-0.2, 0) is 19.7 Å². The van der Waals surface area contributed by atoms with E-state index in [0.29, 0.717) is 19.3 Å². The number of piperidine rings is 1. The topological polar surface area (TPSA) is 107 Å². The molecule has 0 saturated carbocycles. The monoisotopic (exact) mass is 322 g/mol. The molecule has 0 aromatic carbocycles. The molecule has 0 bridgehead atoms. The highest BCUT2D eigenvalue weighted by molar-refractivity contribution is 7.86. The number of rotatable bonds is 4. The van der Waals surface area contributed by atoms with Crippen LogP contribution in [0.1, 0.15) is 26.2 Å². The van der Waals surface area contributed by atoms with Crippen LogP contribution in [0, 0.1) is 0 Å². The fourth-order valence-electron chi connectivity index (χ4n) is 2.87. The van der Waals surface area contributed by atoms with E-state index in [0.717, 1.165) is 4.31 Å². The molecule has 2 aliphatic rings. The number of carbonyl (C=O) groups is 1. The van der Waals surface area contributed by atoms with Gasteiger partial charge in [0.25, 0.3) is 10.2 Å². The lowest BCUT2D eigenvalue weighted by Gasteiger charge is -2.40. The first-order chi connectivity index (χ1) is 9.86. The van der Waals surface area contributed by atoms with E-state index in [-0.39, 0.29) is 32.3 Å². The largest absolute Gasteiger partial charge is 0.480 e. The number of carboxylic acid groups (broad SMARTS) is 1. The minimum Gasteiger partial charge on any atom is -0.480 e. The zero-order valence-electron chi connectivity index (χ0n) is 12.0. The summed E-state index contributed by atoms with van der Waals surface area (Å²) < 4.78 is 33.2. The number of aliphatic hydroxyl groups excluding tert-OH is 1. The Labute approximate surface area is 124 Å². The Morgan fingerprint density at radius 1 is 1.33 bits per heavy atom. The normalized spacial score (nSPS) is 33.0. The van der Waals surface area contributed by atoms with Crippen LogP contribution in [0.2, 0.25) is 0 Å². The molecule has 0 aliphatic carbocycles. The van der Waals surface area contributed by atoms with Gasteiger partial charge in [-0.3, -0.25) is 4.79 Å². The lowest BCUT2D eigenvalue weighted by atomic mass is 10.1. The maximum atomic E-state index is 12.7. The van der Waals surface area contributed by atoms with Crippen LogP contribution in [-0.4, -0.2) is 77.7 Å². The van der Waals surface area contributed by atoms with E-state index in [9.17, 15) is 23.4 Å². The summed E-state index contributed by atoms with van der Waals surface area (Å²) in [4.78, 5) is 11.3. The molecule has 8 nitrogen and oxygen atoms in total. The maximum Gasteiger partial charge on any atom is 0.322 e. The smallest absolute Gasteiger partial charge is 0.322 e. The first-order valence-electron chi connectivity index (χ1n) is 7.12. The summed E-state index contributed by atoms with van der Waals surface area (Å²) in [6, 6.07) is -1.01. The molecule has 0 amide bonds. The molecule has 9 heteroatoms. The molecule has 0 spiro atoms. The second-order valence-electron chi connectivity index (χ2n) is 5.54. The van der Waals surface area contributed by atoms with E-state index < -0.39 is 28.3 Å². The molecule has 3 unspecified atom stereocenters. The number of hydrogen-bond donors (Lipinski definition) is 2. The van der Waals surface area contributed by atoms with E-state index in [1.54, 1.807) is 6.92 Å². The van der Waals surface area contributed by atoms with Crippen molar-refractivity contribution in [1.29, 1.82) is 0 Å². The summed E-state index contributed by atoms with van der Waals surface area (Å²) >= 11 is 0. The summed E-state index contributed by atoms with van der Waals surface area (Å²) in [7, 11) is -3.86. The number of nitrogens with zero attached hydrogens (tertiary/aromatic N) is 2. The van der Waals surface area contributed by atoms with E-state index in [2.05, 4.69) is 0 Å². The van der Waals surface area contributed by atoms with Crippen molar-refractivity contribution >= 4 is 16.2 Å². The van der Waals surface area contributed by atoms with Crippen molar-refractivity contribution < 1.29 is 28.2 Å². The lowest BCUT2D eigenvalue weighted by molar-refractivity contribution is -0.142. The van der Waals surface area contributed by atoms with Gasteiger partial charge in [-0.1, -0.05) is 0 Å². The van der Waals surface area contributed by atoms with Crippen LogP contribution in [0.5, 0.6) is 0 Å². The first-order valence-corrected chi connectivity index (χ1v) is 8.52. The Hall–Kier alpha value is -0.740. The number of carboxylic acids is 1. The molecule has 21 heavy (non-hydrogen) atoms. The van der Waals surface area contributed by atoms with Crippen LogP contribution in [0.3, 0.4) is 0 Å². The van der Waals surface area contributed by atoms with Gasteiger partial charge in [-0.05, 0) is 26.2 Å². The third-order valence-electron chi connectivity index (χ3n) is 3.86. The molecule has 0 aromatic heterocycles. The molecule has 3 atom stereocenters. The molecular formula is C12H22N2O6S. The fraction of sp³-hybridized carbons (Fsp3) is 0.917. The van der Waals surface area contributed by atoms with Crippen LogP contribution in [0.4, 0.5) is 0 Å². The van der Waals surface area contributed by atoms with Crippen LogP contribution >= 0.6 is 0 Å². The van der Waals surface area contributed by atoms with Crippen molar-refractivity contribution in [2.24, 2.45) is 0 Å². The van der Waals surface area contributed by atoms with Gasteiger partial charge in [0.1, 0.15) is 6.04 Å². The second-order valence-corrected chi connectivity index (χ2v) is 7.42. The Kier molecular flexibility index (Phi) is 5.20. The quantitative estimate of drug-likeness (QED) is 0.705. The molecule has 0 aromatic rings. The van der Waals surface area contributed by atoms with Crippen molar-refractivity contribution in [2.75, 3.05) is 26.2 Å². The number of morpholine rings is 1. The van der Waals surface area contributed by atoms with Crippen molar-refractivity contribution in [2.45, 2.75) is 44.4 Å². The molecule has 2 saturated heterocycles. The van der Waals surface area contributed by atoms with Gasteiger partial charge >= 0.3 is 5.97 Å². The third-order valence-corrected chi connectivity index (χ3v) is 5.84. The molecular weight excluding hydrogens is 300 g/mol. The van der Waals surface area contributed by atoms with Gasteiger partial charge in [0.15, 0.2) is 0 Å². The Bertz CT molecular complexity index is 482. The molecule has 2 fully saturated rings. The first kappa shape index (κ1) is 16.6. The number of hydrogen-bond acceptors (Lipinski definition) is 5. The maximum absolute atomic E-state index is 12.7. The third kappa shape index (κ3) is 3.54. The number of aliphatic hydroxyl groups is 1. The van der Waals surface area contributed by atoms with E-state index >= 15 is 0 Å². The van der Waals surface area contributed by atoms with Crippen LogP contribution in [0.25, 0.3) is 0 Å². The van der Waals surface area contributed by atoms with Gasteiger partial charge < -0.3 is 14.9 Å². The van der Waals surface area contributed by atoms with Gasteiger partial charge in [0, 0.05) is 19.6 Å². The van der Waals surface area contributed by atoms with Gasteiger partial charge in [0.05, 0.1) is 18.8 Å². The van der Waals surface area contributed by atoms with Gasteiger partial charge in [0.2, 0.25) is 0 Å². The van der Waals surface area contributed by atoms with Crippen molar-refractivity contribution in [3.63, 3.8) is 0 Å². The Morgan fingerprint density at radius 2 is 2.05 bits per heavy atom. The minimum atomic E-state index is -3.86. The predicted octanol–water partition coefficient (Wildman–Crippen LogP) is -0.748. The lowest BCUT2D eigenvalue weighted by Crippen LogP contribution is -2.58. The molecule has 2 heterocycles. The zero-order chi connectivity index (χ0) is 15.6. The van der Waals surface area contributed by atoms with Crippen molar-refractivity contribution in [1.82, 2.24) is 8.61 Å². The van der Waals surface area contributed by atoms with E-state index in [1.807, 2.05) is 0 Å². The molecule has 2 N–H and O–H groups in total. The average Bonchev–Trinajstić information content (AvgIpc) is 2.46. The standard InChI is InChI=1S/C12H22N2O6S/c1-9-6-13(7-10(8-15)20-9)21(18,19)14-5-3-2-4-11(14)12(16)17/h9-11,15H,2-8H2,1H3,(H,16,17). The minimum absolute atomic E-state index is 0.0476. The van der Waals surface area contributed by atoms with Gasteiger partial charge in [-0.2, -0.15) is 17.0 Å². The zero-order valence-corrected chi connectivity index (χ0v) is 12.8. The van der Waals surface area contributed by atoms with Crippen molar-refractivity contribution in [3.05, 3.63) is 0 Å². The summed E-state index contributed by atoms with van der Waals surface area (Å²) in [6.07, 6.45) is 0.793. The van der Waals surface area contributed by atoms with Gasteiger partial charge in [-0.25, -0.2) is 0 Å². The summed E-state index contributed by atoms with van der Waals surface area (Å²) in [5, 5.41) is 18.4. The van der Waals surface area contributed by atoms with Crippen molar-refractivity contribution in [3.8, 4) is 0 Å². The number of aliphatic carboxylic acids is 1. The number of ether oxygens (including phenoxy) is 1. The predicted molar refractivity (Wildman–Crippen MR) is 73.9 cm³/mol. The molecule has 2 aliphatic heterocycles. The summed E-state index contributed by atoms with van der Waals surface area (Å²) in [6.45, 7) is 1.90. The molecule has 122 valence electrons. The Morgan fingerprint density at radius 3 is 2.67 bits per heavy atom. The summed E-state index contributed by atoms with van der Waals surface area (Å²) in [5.74, 6) is -1.11. The highest BCUT2D eigenvalue weighted by Crippen LogP contribution is 2.25. The molecule has 2 rings (SSSR count). The molecule has 0 radical (unpaired) electrons. The highest BCUT2D eigenvalue weighted by Gasteiger charge is 2.42. The average molecular weight is 322 g/mol. The van der Waals surface area contributed by atoms with E-state index in [1.165, 1.54) is 4.31 Å². The SMILES string of the molecule is CC1CN(S(=O)(=O)N2CCCCC2C(=O)O)CC(CO)O1. The van der Waals surface area contributed by atoms with Crippen LogP contribution < -0.4 is 0 Å². The highest BCUT2D eigenvalue weighted by atomic mass is 32.2. The summed E-state index contributed by atoms with van der Waals surface area (Å²) in [5.41, 5.74) is 0. The van der Waals surface area contributed by atoms with Crippen LogP contribution in [0.15, 0.2) is 0 Å².